The molecule has 2 amide bonds. The molecule has 1 aromatic heterocycles. The summed E-state index contributed by atoms with van der Waals surface area (Å²) in [5.41, 5.74) is 1.48. The molecular weight excluding hydrogens is 578 g/mol. The fourth-order valence-electron chi connectivity index (χ4n) is 5.70. The second kappa shape index (κ2) is 11.8. The molecule has 0 spiro atoms. The molecule has 10 nitrogen and oxygen atoms in total. The van der Waals surface area contributed by atoms with Crippen molar-refractivity contribution in [1.82, 2.24) is 20.6 Å². The lowest BCUT2D eigenvalue weighted by atomic mass is 9.92. The van der Waals surface area contributed by atoms with E-state index < -0.39 is 31.1 Å². The third-order valence-corrected chi connectivity index (χ3v) is 10.7. The molecule has 3 N–H and O–H groups in total. The summed E-state index contributed by atoms with van der Waals surface area (Å²) < 4.78 is 61.3. The van der Waals surface area contributed by atoms with E-state index in [1.165, 1.54) is 0 Å². The zero-order chi connectivity index (χ0) is 30.2. The molecule has 1 aliphatic carbocycles. The number of sulfone groups is 1. The van der Waals surface area contributed by atoms with E-state index in [1.807, 2.05) is 6.92 Å². The van der Waals surface area contributed by atoms with Crippen molar-refractivity contribution in [2.75, 3.05) is 43.1 Å². The number of aromatic nitrogens is 2. The first-order valence-electron chi connectivity index (χ1n) is 14.5. The summed E-state index contributed by atoms with van der Waals surface area (Å²) in [5.74, 6) is -1.08. The number of amides is 2. The van der Waals surface area contributed by atoms with Crippen molar-refractivity contribution in [2.24, 2.45) is 0 Å². The number of ether oxygens (including phenoxy) is 1. The summed E-state index contributed by atoms with van der Waals surface area (Å²) in [5, 5.41) is 8.90. The van der Waals surface area contributed by atoms with Crippen LogP contribution in [0.2, 0.25) is 0 Å². The molecule has 3 aliphatic rings. The van der Waals surface area contributed by atoms with Crippen molar-refractivity contribution in [3.05, 3.63) is 65.9 Å². The van der Waals surface area contributed by atoms with Crippen molar-refractivity contribution in [1.29, 1.82) is 0 Å². The fourth-order valence-corrected chi connectivity index (χ4v) is 7.81. The number of hydrogen-bond acceptors (Lipinski definition) is 8. The SMILES string of the molecule is C[C@H]1COCCN1c1cc(C2(S(=O)(=O)c3cc(F)cc(F)c3)CCNCC2)nc(-c2ccc(NC(=O)NC3CC3)cc2)n1. The maximum absolute atomic E-state index is 14.3. The number of nitrogens with one attached hydrogen (secondary N) is 3. The average Bonchev–Trinajstić information content (AvgIpc) is 3.81. The Bertz CT molecular complexity index is 1590. The highest BCUT2D eigenvalue weighted by molar-refractivity contribution is 7.92. The summed E-state index contributed by atoms with van der Waals surface area (Å²) in [6, 6.07) is 11.0. The number of piperidine rings is 1. The van der Waals surface area contributed by atoms with Gasteiger partial charge in [0.1, 0.15) is 22.2 Å². The molecule has 228 valence electrons. The van der Waals surface area contributed by atoms with Crippen LogP contribution in [0.15, 0.2) is 53.4 Å². The van der Waals surface area contributed by atoms with Gasteiger partial charge in [-0.25, -0.2) is 32.0 Å². The number of rotatable bonds is 7. The van der Waals surface area contributed by atoms with Crippen molar-refractivity contribution < 1.29 is 26.7 Å². The molecule has 3 fully saturated rings. The number of morpholine rings is 1. The van der Waals surface area contributed by atoms with Crippen molar-refractivity contribution in [2.45, 2.75) is 54.3 Å². The average molecular weight is 613 g/mol. The predicted molar refractivity (Wildman–Crippen MR) is 158 cm³/mol. The Morgan fingerprint density at radius 2 is 1.74 bits per heavy atom. The number of urea groups is 1. The Kier molecular flexibility index (Phi) is 8.05. The van der Waals surface area contributed by atoms with Crippen LogP contribution in [0.1, 0.15) is 38.3 Å². The number of anilines is 2. The highest BCUT2D eigenvalue weighted by atomic mass is 32.2. The minimum absolute atomic E-state index is 0.0289. The van der Waals surface area contributed by atoms with Crippen LogP contribution < -0.4 is 20.9 Å². The second-order valence-corrected chi connectivity index (χ2v) is 13.6. The first kappa shape index (κ1) is 29.4. The Balaban J connectivity index is 1.44. The maximum atomic E-state index is 14.3. The summed E-state index contributed by atoms with van der Waals surface area (Å²) in [7, 11) is -4.31. The van der Waals surface area contributed by atoms with E-state index in [0.29, 0.717) is 61.8 Å². The van der Waals surface area contributed by atoms with Gasteiger partial charge in [-0.15, -0.1) is 0 Å². The van der Waals surface area contributed by atoms with Gasteiger partial charge < -0.3 is 25.6 Å². The molecule has 3 heterocycles. The number of carbonyl (C=O) groups excluding carboxylic acids is 1. The van der Waals surface area contributed by atoms with Gasteiger partial charge in [-0.1, -0.05) is 0 Å². The molecule has 0 bridgehead atoms. The fraction of sp³-hybridized carbons (Fsp3) is 0.433. The molecule has 3 aromatic rings. The number of hydrogen-bond donors (Lipinski definition) is 3. The predicted octanol–water partition coefficient (Wildman–Crippen LogP) is 3.98. The lowest BCUT2D eigenvalue weighted by Crippen LogP contribution is -2.47. The van der Waals surface area contributed by atoms with Crippen LogP contribution in [0.25, 0.3) is 11.4 Å². The summed E-state index contributed by atoms with van der Waals surface area (Å²) in [6.45, 7) is 4.27. The third-order valence-electron chi connectivity index (χ3n) is 8.23. The van der Waals surface area contributed by atoms with E-state index in [0.717, 1.165) is 25.0 Å². The lowest BCUT2D eigenvalue weighted by molar-refractivity contribution is 0.0985. The van der Waals surface area contributed by atoms with Gasteiger partial charge in [0, 0.05) is 36.0 Å². The van der Waals surface area contributed by atoms with E-state index >= 15 is 0 Å². The lowest BCUT2D eigenvalue weighted by Gasteiger charge is -2.38. The number of halogens is 2. The van der Waals surface area contributed by atoms with Gasteiger partial charge in [0.15, 0.2) is 15.7 Å². The Hall–Kier alpha value is -3.68. The molecule has 13 heteroatoms. The topological polar surface area (TPSA) is 126 Å². The van der Waals surface area contributed by atoms with Crippen molar-refractivity contribution >= 4 is 27.4 Å². The first-order valence-corrected chi connectivity index (χ1v) is 16.0. The minimum Gasteiger partial charge on any atom is -0.377 e. The van der Waals surface area contributed by atoms with Crippen LogP contribution in [-0.2, 0) is 19.3 Å². The molecular formula is C30H34F2N6O4S. The smallest absolute Gasteiger partial charge is 0.319 e. The summed E-state index contributed by atoms with van der Waals surface area (Å²) in [6.07, 6.45) is 2.26. The molecule has 2 aliphatic heterocycles. The third kappa shape index (κ3) is 6.06. The van der Waals surface area contributed by atoms with E-state index in [2.05, 4.69) is 20.9 Å². The van der Waals surface area contributed by atoms with Gasteiger partial charge in [0.2, 0.25) is 0 Å². The molecule has 43 heavy (non-hydrogen) atoms. The van der Waals surface area contributed by atoms with Gasteiger partial charge in [-0.05, 0) is 82.1 Å². The van der Waals surface area contributed by atoms with E-state index in [9.17, 15) is 22.0 Å². The standard InChI is InChI=1S/C30H34F2N6O4S/c1-19-18-42-13-12-38(19)27-17-26(30(8-10-33-11-9-30)43(40,41)25-15-21(31)14-22(32)16-25)36-28(37-27)20-2-4-23(5-3-20)34-29(39)35-24-6-7-24/h2-5,14-17,19,24,33H,6-13,18H2,1H3,(H2,34,35,39)/t19-/m0/s1. The van der Waals surface area contributed by atoms with Gasteiger partial charge >= 0.3 is 6.03 Å². The minimum atomic E-state index is -4.31. The van der Waals surface area contributed by atoms with Crippen LogP contribution in [-0.4, -0.2) is 69.3 Å². The zero-order valence-electron chi connectivity index (χ0n) is 23.8. The van der Waals surface area contributed by atoms with Crippen molar-refractivity contribution in [3.8, 4) is 11.4 Å². The van der Waals surface area contributed by atoms with E-state index in [1.54, 1.807) is 30.3 Å². The number of carbonyl (C=O) groups is 1. The largest absolute Gasteiger partial charge is 0.377 e. The Morgan fingerprint density at radius 3 is 2.40 bits per heavy atom. The zero-order valence-corrected chi connectivity index (χ0v) is 24.6. The first-order chi connectivity index (χ1) is 20.6. The highest BCUT2D eigenvalue weighted by Gasteiger charge is 2.49. The second-order valence-electron chi connectivity index (χ2n) is 11.4. The molecule has 0 unspecified atom stereocenters. The molecule has 6 rings (SSSR count). The number of benzene rings is 2. The van der Waals surface area contributed by atoms with Gasteiger partial charge in [-0.2, -0.15) is 0 Å². The Labute approximate surface area is 249 Å². The number of nitrogens with zero attached hydrogens (tertiary/aromatic N) is 3. The quantitative estimate of drug-likeness (QED) is 0.366. The van der Waals surface area contributed by atoms with Gasteiger partial charge in [0.05, 0.1) is 29.8 Å². The summed E-state index contributed by atoms with van der Waals surface area (Å²) >= 11 is 0. The molecule has 1 saturated carbocycles. The van der Waals surface area contributed by atoms with Gasteiger partial charge in [0.25, 0.3) is 0 Å². The van der Waals surface area contributed by atoms with E-state index in [4.69, 9.17) is 14.7 Å². The molecule has 2 saturated heterocycles. The highest BCUT2D eigenvalue weighted by Crippen LogP contribution is 2.44. The van der Waals surface area contributed by atoms with Gasteiger partial charge in [-0.3, -0.25) is 0 Å². The molecule has 2 aromatic carbocycles. The molecule has 0 radical (unpaired) electrons. The maximum Gasteiger partial charge on any atom is 0.319 e. The van der Waals surface area contributed by atoms with Crippen LogP contribution >= 0.6 is 0 Å². The normalized spacial score (nSPS) is 20.4. The van der Waals surface area contributed by atoms with E-state index in [-0.39, 0.29) is 36.7 Å². The monoisotopic (exact) mass is 612 g/mol. The van der Waals surface area contributed by atoms with Crippen LogP contribution in [0, 0.1) is 11.6 Å². The van der Waals surface area contributed by atoms with Crippen molar-refractivity contribution in [3.63, 3.8) is 0 Å². The summed E-state index contributed by atoms with van der Waals surface area (Å²) in [4.78, 5) is 23.5. The molecule has 1 atom stereocenters. The van der Waals surface area contributed by atoms with Crippen LogP contribution in [0.3, 0.4) is 0 Å². The Morgan fingerprint density at radius 1 is 1.05 bits per heavy atom. The van der Waals surface area contributed by atoms with Crippen LogP contribution in [0.5, 0.6) is 0 Å². The van der Waals surface area contributed by atoms with Crippen LogP contribution in [0.4, 0.5) is 25.1 Å².